The predicted octanol–water partition coefficient (Wildman–Crippen LogP) is 6.57. The molecular formula is C52H81NO13. The molecule has 3 heterocycles. The maximum Gasteiger partial charge on any atom is 0.329 e. The predicted molar refractivity (Wildman–Crippen MR) is 250 cm³/mol. The summed E-state index contributed by atoms with van der Waals surface area (Å²) in [6, 6.07) is -1.16. The fourth-order valence-corrected chi connectivity index (χ4v) is 10.3. The normalized spacial score (nSPS) is 39.8. The Morgan fingerprint density at radius 1 is 0.848 bits per heavy atom. The van der Waals surface area contributed by atoms with Gasteiger partial charge in [-0.25, -0.2) is 4.79 Å². The molecule has 2 bridgehead atoms. The van der Waals surface area contributed by atoms with Crippen LogP contribution < -0.4 is 0 Å². The molecule has 14 heteroatoms. The monoisotopic (exact) mass is 928 g/mol. The fraction of sp³-hybridized carbons (Fsp3) is 0.750. The average Bonchev–Trinajstić information content (AvgIpc) is 3.28. The van der Waals surface area contributed by atoms with Crippen LogP contribution in [0.1, 0.15) is 132 Å². The van der Waals surface area contributed by atoms with Gasteiger partial charge in [0.05, 0.1) is 24.4 Å². The smallest absolute Gasteiger partial charge is 0.329 e. The van der Waals surface area contributed by atoms with Crippen molar-refractivity contribution >= 4 is 29.2 Å². The quantitative estimate of drug-likeness (QED) is 0.147. The highest BCUT2D eigenvalue weighted by Gasteiger charge is 2.53. The highest BCUT2D eigenvalue weighted by atomic mass is 16.6. The number of carbonyl (C=O) groups is 5. The van der Waals surface area contributed by atoms with Gasteiger partial charge in [0.15, 0.2) is 5.78 Å². The Balaban J connectivity index is 1.73. The molecule has 0 radical (unpaired) electrons. The van der Waals surface area contributed by atoms with E-state index in [9.17, 15) is 39.3 Å². The van der Waals surface area contributed by atoms with E-state index >= 15 is 0 Å². The van der Waals surface area contributed by atoms with Gasteiger partial charge in [-0.2, -0.15) is 0 Å². The summed E-state index contributed by atoms with van der Waals surface area (Å²) < 4.78 is 29.6. The van der Waals surface area contributed by atoms with Crippen molar-refractivity contribution in [2.75, 3.05) is 27.9 Å². The van der Waals surface area contributed by atoms with Gasteiger partial charge in [-0.15, -0.1) is 0 Å². The van der Waals surface area contributed by atoms with E-state index in [1.165, 1.54) is 12.0 Å². The second-order valence-corrected chi connectivity index (χ2v) is 20.2. The number of aliphatic hydroxyl groups excluding tert-OH is 2. The third-order valence-electron chi connectivity index (χ3n) is 15.1. The summed E-state index contributed by atoms with van der Waals surface area (Å²) in [5, 5.41) is 34.0. The molecule has 0 aromatic rings. The summed E-state index contributed by atoms with van der Waals surface area (Å²) in [6.07, 6.45) is 11.9. The third kappa shape index (κ3) is 13.9. The molecule has 4 rings (SSSR count). The van der Waals surface area contributed by atoms with E-state index in [2.05, 4.69) is 0 Å². The summed E-state index contributed by atoms with van der Waals surface area (Å²) >= 11 is 0. The second-order valence-electron chi connectivity index (χ2n) is 20.2. The van der Waals surface area contributed by atoms with Crippen LogP contribution in [0.25, 0.3) is 0 Å². The zero-order valence-electron chi connectivity index (χ0n) is 41.5. The average molecular weight is 928 g/mol. The molecule has 0 spiro atoms. The SMILES string of the molecule is CO[C@H]1CC2CC[C@@H](C)[C@@](O)(O2)C(=O)C(=O)N2CCCCC2C(=O)O[C@](C)(C(C)C[C@@H]2CC[C@@H](O)[C@H](OC)C2)CC(=O)[C@H](C)/C=C(\C)[C@@H](O)[C@@H](OC)C(=O)[C@H](C)C[C@H](C)/C=C/C=CC=C1C. The molecule has 4 aliphatic rings. The van der Waals surface area contributed by atoms with Crippen molar-refractivity contribution < 1.29 is 63.0 Å². The van der Waals surface area contributed by atoms with E-state index in [0.717, 1.165) is 5.57 Å². The van der Waals surface area contributed by atoms with Crippen molar-refractivity contribution in [1.29, 1.82) is 0 Å². The molecule has 3 aliphatic heterocycles. The van der Waals surface area contributed by atoms with Gasteiger partial charge in [0.2, 0.25) is 5.79 Å². The lowest BCUT2D eigenvalue weighted by atomic mass is 9.74. The molecule has 66 heavy (non-hydrogen) atoms. The van der Waals surface area contributed by atoms with Gasteiger partial charge in [0.1, 0.15) is 29.6 Å². The van der Waals surface area contributed by atoms with Gasteiger partial charge < -0.3 is 43.9 Å². The van der Waals surface area contributed by atoms with Crippen LogP contribution in [0.15, 0.2) is 47.6 Å². The number of aliphatic hydroxyl groups is 3. The lowest BCUT2D eigenvalue weighted by Crippen LogP contribution is -2.61. The number of carbonyl (C=O) groups excluding carboxylic acids is 5. The van der Waals surface area contributed by atoms with E-state index in [4.69, 9.17) is 23.7 Å². The number of piperidine rings is 1. The molecule has 372 valence electrons. The number of esters is 1. The van der Waals surface area contributed by atoms with Crippen molar-refractivity contribution in [1.82, 2.24) is 4.90 Å². The Hall–Kier alpha value is -3.37. The maximum atomic E-state index is 14.6. The Morgan fingerprint density at radius 3 is 2.23 bits per heavy atom. The molecule has 1 saturated carbocycles. The maximum absolute atomic E-state index is 14.6. The number of nitrogens with zero attached hydrogens (tertiary/aromatic N) is 1. The number of hydrogen-bond donors (Lipinski definition) is 3. The zero-order chi connectivity index (χ0) is 49.1. The van der Waals surface area contributed by atoms with Gasteiger partial charge in [-0.1, -0.05) is 71.1 Å². The van der Waals surface area contributed by atoms with Gasteiger partial charge >= 0.3 is 5.97 Å². The summed E-state index contributed by atoms with van der Waals surface area (Å²) in [4.78, 5) is 72.4. The molecule has 14 nitrogen and oxygen atoms in total. The van der Waals surface area contributed by atoms with Gasteiger partial charge in [0, 0.05) is 58.5 Å². The van der Waals surface area contributed by atoms with Crippen LogP contribution in [0.2, 0.25) is 0 Å². The van der Waals surface area contributed by atoms with Gasteiger partial charge in [-0.3, -0.25) is 19.2 Å². The number of rotatable bonds is 6. The number of ketones is 3. The second kappa shape index (κ2) is 24.8. The summed E-state index contributed by atoms with van der Waals surface area (Å²) in [7, 11) is 4.52. The zero-order valence-corrected chi connectivity index (χ0v) is 41.5. The highest BCUT2D eigenvalue weighted by Crippen LogP contribution is 2.40. The standard InChI is InChI=1S/C52H81NO13/c1-31-17-13-12-14-18-32(2)43(62-9)29-39-22-20-36(6)52(61,65-39)48(58)49(59)53-24-16-15-19-40(53)50(60)66-51(8,37(7)27-38-21-23-41(54)44(28-38)63-10)30-42(55)33(3)26-35(5)46(57)47(64-11)45(56)34(4)25-31/h12-14,17-18,26,31,33-34,36-41,43-44,46-47,54,57,61H,15-16,19-25,27-30H2,1-11H3/b14-12?,17-13+,32-18?,35-26+/t31-,33-,34-,36-,37?,38+,39?,40?,41-,43+,44-,46-,47+,51+,52-/m1/s1. The number of allylic oxidation sites excluding steroid dienone is 6. The van der Waals surface area contributed by atoms with Crippen LogP contribution in [0.3, 0.4) is 0 Å². The van der Waals surface area contributed by atoms with Crippen LogP contribution in [-0.4, -0.2) is 131 Å². The van der Waals surface area contributed by atoms with Crippen LogP contribution in [0.5, 0.6) is 0 Å². The fourth-order valence-electron chi connectivity index (χ4n) is 10.3. The minimum absolute atomic E-state index is 0.0159. The first-order valence-corrected chi connectivity index (χ1v) is 24.3. The Bertz CT molecular complexity index is 1810. The molecule has 3 unspecified atom stereocenters. The van der Waals surface area contributed by atoms with Crippen molar-refractivity contribution in [3.63, 3.8) is 0 Å². The molecule has 15 atom stereocenters. The largest absolute Gasteiger partial charge is 0.457 e. The van der Waals surface area contributed by atoms with Gasteiger partial charge in [-0.05, 0) is 114 Å². The Kier molecular flexibility index (Phi) is 20.7. The van der Waals surface area contributed by atoms with Crippen molar-refractivity contribution in [2.24, 2.45) is 35.5 Å². The molecular weight excluding hydrogens is 847 g/mol. The Labute approximate surface area is 393 Å². The van der Waals surface area contributed by atoms with Crippen LogP contribution in [0, 0.1) is 35.5 Å². The van der Waals surface area contributed by atoms with Crippen molar-refractivity contribution in [3.8, 4) is 0 Å². The number of Topliss-reactive ketones (excluding diaryl/α,β-unsaturated/α-hetero) is 3. The topological polar surface area (TPSA) is 195 Å². The first-order valence-electron chi connectivity index (χ1n) is 24.3. The van der Waals surface area contributed by atoms with Crippen molar-refractivity contribution in [3.05, 3.63) is 47.6 Å². The van der Waals surface area contributed by atoms with Crippen molar-refractivity contribution in [2.45, 2.75) is 186 Å². The molecule has 1 amide bonds. The van der Waals surface area contributed by atoms with Crippen LogP contribution >= 0.6 is 0 Å². The number of hydrogen-bond acceptors (Lipinski definition) is 13. The van der Waals surface area contributed by atoms with E-state index in [0.29, 0.717) is 69.8 Å². The Morgan fingerprint density at radius 2 is 1.56 bits per heavy atom. The third-order valence-corrected chi connectivity index (χ3v) is 15.1. The van der Waals surface area contributed by atoms with Crippen LogP contribution in [-0.2, 0) is 47.7 Å². The molecule has 0 aromatic heterocycles. The van der Waals surface area contributed by atoms with Gasteiger partial charge in [0.25, 0.3) is 11.7 Å². The number of cyclic esters (lactones) is 1. The molecule has 0 aromatic carbocycles. The van der Waals surface area contributed by atoms with Crippen LogP contribution in [0.4, 0.5) is 0 Å². The summed E-state index contributed by atoms with van der Waals surface area (Å²) in [6.45, 7) is 14.5. The first kappa shape index (κ1) is 55.2. The lowest BCUT2D eigenvalue weighted by molar-refractivity contribution is -0.265. The summed E-state index contributed by atoms with van der Waals surface area (Å²) in [5.74, 6) is -8.11. The minimum Gasteiger partial charge on any atom is -0.457 e. The van der Waals surface area contributed by atoms with E-state index in [1.807, 2.05) is 58.1 Å². The number of methoxy groups -OCH3 is 3. The molecule has 2 saturated heterocycles. The number of amides is 1. The first-order chi connectivity index (χ1) is 31.1. The minimum atomic E-state index is -2.44. The highest BCUT2D eigenvalue weighted by molar-refractivity contribution is 6.39. The van der Waals surface area contributed by atoms with E-state index in [1.54, 1.807) is 48.0 Å². The van der Waals surface area contributed by atoms with E-state index in [-0.39, 0.29) is 48.9 Å². The summed E-state index contributed by atoms with van der Waals surface area (Å²) in [5.41, 5.74) is -0.131. The van der Waals surface area contributed by atoms with E-state index < -0.39 is 89.3 Å². The molecule has 3 fully saturated rings. The number of ether oxygens (including phenoxy) is 5. The number of fused-ring (bicyclic) bond motifs is 3. The molecule has 3 N–H and O–H groups in total. The lowest BCUT2D eigenvalue weighted by Gasteiger charge is -2.43. The molecule has 1 aliphatic carbocycles.